The van der Waals surface area contributed by atoms with Crippen molar-refractivity contribution in [1.82, 2.24) is 5.32 Å². The number of carbonyl (C=O) groups is 1. The zero-order chi connectivity index (χ0) is 15.9. The van der Waals surface area contributed by atoms with E-state index in [0.717, 1.165) is 21.9 Å². The van der Waals surface area contributed by atoms with Crippen LogP contribution in [0.4, 0.5) is 0 Å². The lowest BCUT2D eigenvalue weighted by molar-refractivity contribution is -0.120. The first-order valence-corrected chi connectivity index (χ1v) is 7.97. The van der Waals surface area contributed by atoms with E-state index < -0.39 is 0 Å². The third-order valence-corrected chi connectivity index (χ3v) is 4.34. The van der Waals surface area contributed by atoms with Crippen molar-refractivity contribution in [2.24, 2.45) is 0 Å². The van der Waals surface area contributed by atoms with E-state index >= 15 is 0 Å². The summed E-state index contributed by atoms with van der Waals surface area (Å²) in [5.74, 6) is 1.64. The maximum atomic E-state index is 11.9. The molecule has 2 rings (SSSR count). The molecule has 0 spiro atoms. The summed E-state index contributed by atoms with van der Waals surface area (Å²) in [4.78, 5) is 14.2. The van der Waals surface area contributed by atoms with Gasteiger partial charge in [0.2, 0.25) is 5.91 Å². The molecule has 1 amide bonds. The van der Waals surface area contributed by atoms with Gasteiger partial charge in [-0.1, -0.05) is 0 Å². The third-order valence-electron chi connectivity index (χ3n) is 3.33. The highest BCUT2D eigenvalue weighted by Gasteiger charge is 2.08. The Labute approximate surface area is 135 Å². The minimum Gasteiger partial charge on any atom is -0.497 e. The van der Waals surface area contributed by atoms with E-state index in [0.29, 0.717) is 19.4 Å². The Morgan fingerprint density at radius 1 is 1.18 bits per heavy atom. The Bertz CT molecular complexity index is 637. The van der Waals surface area contributed by atoms with Crippen molar-refractivity contribution in [3.05, 3.63) is 45.6 Å². The lowest BCUT2D eigenvalue weighted by Crippen LogP contribution is -2.27. The van der Waals surface area contributed by atoms with Crippen molar-refractivity contribution < 1.29 is 14.3 Å². The third kappa shape index (κ3) is 4.49. The predicted molar refractivity (Wildman–Crippen MR) is 89.0 cm³/mol. The van der Waals surface area contributed by atoms with Gasteiger partial charge in [0.1, 0.15) is 11.5 Å². The molecule has 0 saturated carbocycles. The molecule has 1 N–H and O–H groups in total. The number of rotatable bonds is 7. The van der Waals surface area contributed by atoms with Crippen LogP contribution in [0.3, 0.4) is 0 Å². The van der Waals surface area contributed by atoms with Crippen LogP contribution in [0, 0.1) is 6.92 Å². The van der Waals surface area contributed by atoms with Crippen LogP contribution in [0.5, 0.6) is 11.5 Å². The van der Waals surface area contributed by atoms with Crippen LogP contribution in [0.25, 0.3) is 0 Å². The Balaban J connectivity index is 1.86. The van der Waals surface area contributed by atoms with Crippen molar-refractivity contribution in [2.45, 2.75) is 19.8 Å². The molecule has 22 heavy (non-hydrogen) atoms. The summed E-state index contributed by atoms with van der Waals surface area (Å²) in [6.07, 6.45) is 1.14. The first-order valence-electron chi connectivity index (χ1n) is 7.15. The average molecular weight is 319 g/mol. The van der Waals surface area contributed by atoms with E-state index in [2.05, 4.69) is 5.32 Å². The van der Waals surface area contributed by atoms with Gasteiger partial charge in [-0.15, -0.1) is 11.3 Å². The van der Waals surface area contributed by atoms with E-state index in [4.69, 9.17) is 9.47 Å². The van der Waals surface area contributed by atoms with Gasteiger partial charge in [-0.05, 0) is 49.2 Å². The summed E-state index contributed by atoms with van der Waals surface area (Å²) < 4.78 is 10.6. The van der Waals surface area contributed by atoms with Gasteiger partial charge < -0.3 is 14.8 Å². The van der Waals surface area contributed by atoms with Gasteiger partial charge in [0, 0.05) is 16.3 Å². The monoisotopic (exact) mass is 319 g/mol. The van der Waals surface area contributed by atoms with Crippen LogP contribution in [-0.2, 0) is 17.6 Å². The van der Waals surface area contributed by atoms with Crippen LogP contribution >= 0.6 is 11.3 Å². The second-order valence-corrected chi connectivity index (χ2v) is 6.34. The number of carbonyl (C=O) groups excluding carboxylic acids is 1. The van der Waals surface area contributed by atoms with E-state index in [1.54, 1.807) is 25.6 Å². The Morgan fingerprint density at radius 3 is 2.64 bits per heavy atom. The quantitative estimate of drug-likeness (QED) is 0.853. The van der Waals surface area contributed by atoms with Gasteiger partial charge >= 0.3 is 0 Å². The van der Waals surface area contributed by atoms with E-state index in [1.165, 1.54) is 4.88 Å². The number of benzene rings is 1. The summed E-state index contributed by atoms with van der Waals surface area (Å²) in [6, 6.07) is 9.72. The summed E-state index contributed by atoms with van der Waals surface area (Å²) in [6.45, 7) is 2.62. The number of amides is 1. The fourth-order valence-corrected chi connectivity index (χ4v) is 3.10. The fourth-order valence-electron chi connectivity index (χ4n) is 2.21. The molecule has 0 saturated heterocycles. The predicted octanol–water partition coefficient (Wildman–Crippen LogP) is 2.98. The van der Waals surface area contributed by atoms with E-state index in [1.807, 2.05) is 37.3 Å². The zero-order valence-electron chi connectivity index (χ0n) is 13.1. The number of ether oxygens (including phenoxy) is 2. The SMILES string of the molecule is COc1ccc(OC)c(CCNC(=O)Cc2ccc(C)s2)c1. The highest BCUT2D eigenvalue weighted by atomic mass is 32.1. The molecule has 0 radical (unpaired) electrons. The second kappa shape index (κ2) is 7.84. The minimum absolute atomic E-state index is 0.0451. The molecular weight excluding hydrogens is 298 g/mol. The minimum atomic E-state index is 0.0451. The molecule has 0 aliphatic rings. The number of nitrogens with one attached hydrogen (secondary N) is 1. The molecule has 0 bridgehead atoms. The molecule has 0 atom stereocenters. The van der Waals surface area contributed by atoms with Gasteiger partial charge in [-0.25, -0.2) is 0 Å². The second-order valence-electron chi connectivity index (χ2n) is 4.97. The van der Waals surface area contributed by atoms with Gasteiger partial charge in [-0.2, -0.15) is 0 Å². The molecule has 0 unspecified atom stereocenters. The molecule has 118 valence electrons. The van der Waals surface area contributed by atoms with E-state index in [9.17, 15) is 4.79 Å². The lowest BCUT2D eigenvalue weighted by atomic mass is 10.1. The molecule has 4 nitrogen and oxygen atoms in total. The number of hydrogen-bond donors (Lipinski definition) is 1. The van der Waals surface area contributed by atoms with Crippen LogP contribution in [0.2, 0.25) is 0 Å². The van der Waals surface area contributed by atoms with Crippen molar-refractivity contribution in [3.8, 4) is 11.5 Å². The molecule has 2 aromatic rings. The molecule has 1 aromatic carbocycles. The highest BCUT2D eigenvalue weighted by Crippen LogP contribution is 2.24. The van der Waals surface area contributed by atoms with E-state index in [-0.39, 0.29) is 5.91 Å². The normalized spacial score (nSPS) is 10.3. The Hall–Kier alpha value is -2.01. The summed E-state index contributed by atoms with van der Waals surface area (Å²) in [5.41, 5.74) is 1.02. The van der Waals surface area contributed by atoms with Crippen molar-refractivity contribution in [2.75, 3.05) is 20.8 Å². The maximum Gasteiger partial charge on any atom is 0.225 e. The zero-order valence-corrected chi connectivity index (χ0v) is 14.0. The van der Waals surface area contributed by atoms with Gasteiger partial charge in [-0.3, -0.25) is 4.79 Å². The van der Waals surface area contributed by atoms with Crippen molar-refractivity contribution in [3.63, 3.8) is 0 Å². The summed E-state index contributed by atoms with van der Waals surface area (Å²) >= 11 is 1.66. The number of aryl methyl sites for hydroxylation is 1. The molecule has 5 heteroatoms. The Kier molecular flexibility index (Phi) is 5.83. The number of thiophene rings is 1. The first kappa shape index (κ1) is 16.4. The van der Waals surface area contributed by atoms with Crippen molar-refractivity contribution >= 4 is 17.2 Å². The standard InChI is InChI=1S/C17H21NO3S/c1-12-4-6-15(22-12)11-17(19)18-9-8-13-10-14(20-2)5-7-16(13)21-3/h4-7,10H,8-9,11H2,1-3H3,(H,18,19). The van der Waals surface area contributed by atoms with Crippen LogP contribution in [0.15, 0.2) is 30.3 Å². The van der Waals surface area contributed by atoms with Crippen LogP contribution in [-0.4, -0.2) is 26.7 Å². The molecule has 0 aliphatic carbocycles. The smallest absolute Gasteiger partial charge is 0.225 e. The summed E-state index contributed by atoms with van der Waals surface area (Å²) in [5, 5.41) is 2.95. The highest BCUT2D eigenvalue weighted by molar-refractivity contribution is 7.12. The van der Waals surface area contributed by atoms with Crippen LogP contribution < -0.4 is 14.8 Å². The molecular formula is C17H21NO3S. The fraction of sp³-hybridized carbons (Fsp3) is 0.353. The van der Waals surface area contributed by atoms with Crippen molar-refractivity contribution in [1.29, 1.82) is 0 Å². The summed E-state index contributed by atoms with van der Waals surface area (Å²) in [7, 11) is 3.28. The Morgan fingerprint density at radius 2 is 2.00 bits per heavy atom. The lowest BCUT2D eigenvalue weighted by Gasteiger charge is -2.11. The van der Waals surface area contributed by atoms with Gasteiger partial charge in [0.15, 0.2) is 0 Å². The van der Waals surface area contributed by atoms with Gasteiger partial charge in [0.25, 0.3) is 0 Å². The van der Waals surface area contributed by atoms with Crippen LogP contribution in [0.1, 0.15) is 15.3 Å². The molecule has 1 aromatic heterocycles. The average Bonchev–Trinajstić information content (AvgIpc) is 2.92. The molecule has 0 aliphatic heterocycles. The largest absolute Gasteiger partial charge is 0.497 e. The van der Waals surface area contributed by atoms with Gasteiger partial charge in [0.05, 0.1) is 20.6 Å². The number of hydrogen-bond acceptors (Lipinski definition) is 4. The maximum absolute atomic E-state index is 11.9. The number of methoxy groups -OCH3 is 2. The molecule has 1 heterocycles. The first-order chi connectivity index (χ1) is 10.6. The molecule has 0 fully saturated rings. The topological polar surface area (TPSA) is 47.6 Å².